The van der Waals surface area contributed by atoms with Crippen LogP contribution in [0.4, 0.5) is 13.2 Å². The third-order valence-electron chi connectivity index (χ3n) is 2.07. The quantitative estimate of drug-likeness (QED) is 0.870. The minimum absolute atomic E-state index is 0.0743. The zero-order chi connectivity index (χ0) is 14.6. The van der Waals surface area contributed by atoms with Crippen LogP contribution in [-0.2, 0) is 4.79 Å². The van der Waals surface area contributed by atoms with Crippen molar-refractivity contribution in [1.82, 2.24) is 5.32 Å². The summed E-state index contributed by atoms with van der Waals surface area (Å²) < 4.78 is 41.2. The first-order valence-electron chi connectivity index (χ1n) is 4.96. The highest BCUT2D eigenvalue weighted by Crippen LogP contribution is 2.23. The first-order chi connectivity index (χ1) is 8.73. The molecular weight excluding hydrogens is 287 g/mol. The van der Waals surface area contributed by atoms with Gasteiger partial charge in [0.2, 0.25) is 0 Å². The normalized spacial score (nSPS) is 12.8. The molecular formula is C10H10F3NO4S. The van der Waals surface area contributed by atoms with E-state index in [1.165, 1.54) is 18.6 Å². The Hall–Kier alpha value is -1.77. The van der Waals surface area contributed by atoms with Crippen LogP contribution in [-0.4, -0.2) is 36.3 Å². The van der Waals surface area contributed by atoms with Crippen LogP contribution in [0.15, 0.2) is 11.4 Å². The molecule has 5 nitrogen and oxygen atoms in total. The van der Waals surface area contributed by atoms with Gasteiger partial charge >= 0.3 is 12.1 Å². The van der Waals surface area contributed by atoms with Crippen molar-refractivity contribution in [3.05, 3.63) is 16.3 Å². The highest BCUT2D eigenvalue weighted by molar-refractivity contribution is 7.12. The van der Waals surface area contributed by atoms with Gasteiger partial charge in [-0.1, -0.05) is 0 Å². The molecule has 0 bridgehead atoms. The maximum Gasteiger partial charge on any atom is 0.391 e. The average molecular weight is 297 g/mol. The van der Waals surface area contributed by atoms with Crippen LogP contribution in [0.25, 0.3) is 0 Å². The SMILES string of the molecule is COc1csc(C(=O)NC(CC(F)(F)F)C(=O)O)c1. The third-order valence-corrected chi connectivity index (χ3v) is 2.98. The number of thiophene rings is 1. The molecule has 0 aliphatic heterocycles. The number of carbonyl (C=O) groups excluding carboxylic acids is 1. The smallest absolute Gasteiger partial charge is 0.391 e. The number of ether oxygens (including phenoxy) is 1. The van der Waals surface area contributed by atoms with Crippen molar-refractivity contribution in [1.29, 1.82) is 0 Å². The summed E-state index contributed by atoms with van der Waals surface area (Å²) in [6, 6.07) is -0.701. The second-order valence-electron chi connectivity index (χ2n) is 3.53. The maximum absolute atomic E-state index is 12.1. The molecule has 1 amide bonds. The highest BCUT2D eigenvalue weighted by atomic mass is 32.1. The van der Waals surface area contributed by atoms with Crippen molar-refractivity contribution >= 4 is 23.2 Å². The van der Waals surface area contributed by atoms with Gasteiger partial charge in [-0.15, -0.1) is 11.3 Å². The predicted octanol–water partition coefficient (Wildman–Crippen LogP) is 1.89. The number of rotatable bonds is 5. The molecule has 0 saturated carbocycles. The van der Waals surface area contributed by atoms with Crippen molar-refractivity contribution in [2.75, 3.05) is 7.11 Å². The Morgan fingerprint density at radius 2 is 2.16 bits per heavy atom. The number of carbonyl (C=O) groups is 2. The second-order valence-corrected chi connectivity index (χ2v) is 4.45. The van der Waals surface area contributed by atoms with Gasteiger partial charge in [0.05, 0.1) is 18.4 Å². The number of alkyl halides is 3. The van der Waals surface area contributed by atoms with E-state index in [0.717, 1.165) is 11.3 Å². The maximum atomic E-state index is 12.1. The fraction of sp³-hybridized carbons (Fsp3) is 0.400. The lowest BCUT2D eigenvalue weighted by Crippen LogP contribution is -2.43. The van der Waals surface area contributed by atoms with E-state index in [2.05, 4.69) is 0 Å². The summed E-state index contributed by atoms with van der Waals surface area (Å²) in [7, 11) is 1.37. The van der Waals surface area contributed by atoms with Crippen LogP contribution in [0, 0.1) is 0 Å². The number of amides is 1. The molecule has 1 rings (SSSR count). The molecule has 0 fully saturated rings. The summed E-state index contributed by atoms with van der Waals surface area (Å²) in [6.45, 7) is 0. The predicted molar refractivity (Wildman–Crippen MR) is 60.4 cm³/mol. The lowest BCUT2D eigenvalue weighted by atomic mass is 10.2. The monoisotopic (exact) mass is 297 g/mol. The molecule has 0 spiro atoms. The Kier molecular flexibility index (Phi) is 4.76. The van der Waals surface area contributed by atoms with Crippen molar-refractivity contribution in [3.8, 4) is 5.75 Å². The van der Waals surface area contributed by atoms with E-state index in [1.54, 1.807) is 0 Å². The van der Waals surface area contributed by atoms with Gasteiger partial charge in [0.1, 0.15) is 11.8 Å². The van der Waals surface area contributed by atoms with Crippen LogP contribution >= 0.6 is 11.3 Å². The Bertz CT molecular complexity index is 472. The molecule has 106 valence electrons. The van der Waals surface area contributed by atoms with Crippen LogP contribution in [0.1, 0.15) is 16.1 Å². The molecule has 1 aromatic heterocycles. The molecule has 19 heavy (non-hydrogen) atoms. The Labute approximate surface area is 110 Å². The third kappa shape index (κ3) is 4.78. The summed E-state index contributed by atoms with van der Waals surface area (Å²) in [5.74, 6) is -2.25. The first-order valence-corrected chi connectivity index (χ1v) is 5.84. The second kappa shape index (κ2) is 5.91. The summed E-state index contributed by atoms with van der Waals surface area (Å²) in [5, 5.41) is 12.0. The lowest BCUT2D eigenvalue weighted by molar-refractivity contribution is -0.157. The van der Waals surface area contributed by atoms with Crippen molar-refractivity contribution in [2.45, 2.75) is 18.6 Å². The van der Waals surface area contributed by atoms with Gasteiger partial charge in [-0.3, -0.25) is 4.79 Å². The van der Waals surface area contributed by atoms with Crippen LogP contribution < -0.4 is 10.1 Å². The van der Waals surface area contributed by atoms with E-state index in [9.17, 15) is 22.8 Å². The van der Waals surface area contributed by atoms with Gasteiger partial charge in [-0.25, -0.2) is 4.79 Å². The molecule has 1 heterocycles. The highest BCUT2D eigenvalue weighted by Gasteiger charge is 2.36. The molecule has 9 heteroatoms. The first kappa shape index (κ1) is 15.3. The molecule has 0 aromatic carbocycles. The number of nitrogens with one attached hydrogen (secondary N) is 1. The molecule has 1 unspecified atom stereocenters. The summed E-state index contributed by atoms with van der Waals surface area (Å²) in [4.78, 5) is 22.3. The largest absolute Gasteiger partial charge is 0.496 e. The number of hydrogen-bond acceptors (Lipinski definition) is 4. The van der Waals surface area contributed by atoms with Crippen molar-refractivity contribution in [2.24, 2.45) is 0 Å². The van der Waals surface area contributed by atoms with E-state index < -0.39 is 30.5 Å². The van der Waals surface area contributed by atoms with Gasteiger partial charge in [-0.05, 0) is 0 Å². The topological polar surface area (TPSA) is 75.6 Å². The van der Waals surface area contributed by atoms with Gasteiger partial charge in [0.25, 0.3) is 5.91 Å². The molecule has 0 aliphatic rings. The number of methoxy groups -OCH3 is 1. The Morgan fingerprint density at radius 1 is 1.53 bits per heavy atom. The molecule has 0 aliphatic carbocycles. The summed E-state index contributed by atoms with van der Waals surface area (Å²) >= 11 is 0.943. The minimum atomic E-state index is -4.68. The van der Waals surface area contributed by atoms with Gasteiger partial charge in [0.15, 0.2) is 0 Å². The van der Waals surface area contributed by atoms with E-state index in [4.69, 9.17) is 9.84 Å². The van der Waals surface area contributed by atoms with Crippen LogP contribution in [0.5, 0.6) is 5.75 Å². The minimum Gasteiger partial charge on any atom is -0.496 e. The Morgan fingerprint density at radius 3 is 2.58 bits per heavy atom. The number of hydrogen-bond donors (Lipinski definition) is 2. The van der Waals surface area contributed by atoms with E-state index in [-0.39, 0.29) is 4.88 Å². The van der Waals surface area contributed by atoms with Crippen LogP contribution in [0.3, 0.4) is 0 Å². The summed E-state index contributed by atoms with van der Waals surface area (Å²) in [6.07, 6.45) is -6.31. The standard InChI is InChI=1S/C10H10F3NO4S/c1-18-5-2-7(19-4-5)8(15)14-6(9(16)17)3-10(11,12)13/h2,4,6H,3H2,1H3,(H,14,15)(H,16,17). The average Bonchev–Trinajstić information content (AvgIpc) is 2.74. The summed E-state index contributed by atoms with van der Waals surface area (Å²) in [5.41, 5.74) is 0. The zero-order valence-electron chi connectivity index (χ0n) is 9.65. The fourth-order valence-electron chi connectivity index (χ4n) is 1.21. The fourth-order valence-corrected chi connectivity index (χ4v) is 1.96. The van der Waals surface area contributed by atoms with E-state index >= 15 is 0 Å². The Balaban J connectivity index is 2.74. The number of aliphatic carboxylic acids is 1. The van der Waals surface area contributed by atoms with Gasteiger partial charge in [-0.2, -0.15) is 13.2 Å². The number of carboxylic acid groups (broad SMARTS) is 1. The molecule has 2 N–H and O–H groups in total. The van der Waals surface area contributed by atoms with Gasteiger partial charge in [0, 0.05) is 11.4 Å². The molecule has 1 aromatic rings. The number of carboxylic acids is 1. The van der Waals surface area contributed by atoms with Gasteiger partial charge < -0.3 is 15.2 Å². The molecule has 0 radical (unpaired) electrons. The molecule has 1 atom stereocenters. The lowest BCUT2D eigenvalue weighted by Gasteiger charge is -2.15. The van der Waals surface area contributed by atoms with Crippen LogP contribution in [0.2, 0.25) is 0 Å². The zero-order valence-corrected chi connectivity index (χ0v) is 10.5. The molecule has 0 saturated heterocycles. The van der Waals surface area contributed by atoms with Crippen molar-refractivity contribution in [3.63, 3.8) is 0 Å². The van der Waals surface area contributed by atoms with Crippen molar-refractivity contribution < 1.29 is 32.6 Å². The van der Waals surface area contributed by atoms with E-state index in [1.807, 2.05) is 5.32 Å². The number of halogens is 3. The van der Waals surface area contributed by atoms with E-state index in [0.29, 0.717) is 5.75 Å².